The first-order chi connectivity index (χ1) is 8.69. The van der Waals surface area contributed by atoms with Gasteiger partial charge in [0.15, 0.2) is 0 Å². The van der Waals surface area contributed by atoms with E-state index < -0.39 is 5.43 Å². The largest absolute Gasteiger partial charge is 0.415 e. The molecule has 0 saturated carbocycles. The van der Waals surface area contributed by atoms with E-state index in [4.69, 9.17) is 21.6 Å². The van der Waals surface area contributed by atoms with Crippen LogP contribution in [0.15, 0.2) is 48.5 Å². The molecule has 3 nitrogen and oxygen atoms in total. The summed E-state index contributed by atoms with van der Waals surface area (Å²) in [4.78, 5) is 10.6. The summed E-state index contributed by atoms with van der Waals surface area (Å²) >= 11 is 5.11. The number of rotatable bonds is 2. The van der Waals surface area contributed by atoms with Crippen molar-refractivity contribution in [1.82, 2.24) is 0 Å². The molecule has 0 unspecified atom stereocenters. The standard InChI is InChI=1S/C14H8ClNO2/c15-14(17)18-13-7-5-12(6-8-13)11-3-1-10(9-16)2-4-11/h1-8H. The van der Waals surface area contributed by atoms with E-state index in [2.05, 4.69) is 6.07 Å². The van der Waals surface area contributed by atoms with Crippen molar-refractivity contribution in [3.05, 3.63) is 54.1 Å². The van der Waals surface area contributed by atoms with Gasteiger partial charge in [-0.15, -0.1) is 0 Å². The van der Waals surface area contributed by atoms with Crippen molar-refractivity contribution in [3.63, 3.8) is 0 Å². The topological polar surface area (TPSA) is 50.1 Å². The molecule has 0 fully saturated rings. The van der Waals surface area contributed by atoms with Gasteiger partial charge in [-0.1, -0.05) is 24.3 Å². The Morgan fingerprint density at radius 2 is 1.50 bits per heavy atom. The summed E-state index contributed by atoms with van der Waals surface area (Å²) in [6.45, 7) is 0. The summed E-state index contributed by atoms with van der Waals surface area (Å²) in [5.41, 5.74) is 1.71. The zero-order valence-corrected chi connectivity index (χ0v) is 10.0. The van der Waals surface area contributed by atoms with Crippen molar-refractivity contribution < 1.29 is 9.53 Å². The predicted molar refractivity (Wildman–Crippen MR) is 68.5 cm³/mol. The highest BCUT2D eigenvalue weighted by atomic mass is 35.5. The van der Waals surface area contributed by atoms with E-state index in [1.165, 1.54) is 0 Å². The molecule has 0 saturated heterocycles. The number of benzene rings is 2. The molecule has 0 bridgehead atoms. The van der Waals surface area contributed by atoms with Crippen molar-refractivity contribution >= 4 is 17.0 Å². The van der Waals surface area contributed by atoms with Gasteiger partial charge in [0, 0.05) is 11.6 Å². The Hall–Kier alpha value is -2.31. The average molecular weight is 258 g/mol. The van der Waals surface area contributed by atoms with Gasteiger partial charge in [-0.25, -0.2) is 4.79 Å². The Balaban J connectivity index is 2.23. The number of nitrogens with zero attached hydrogens (tertiary/aromatic N) is 1. The van der Waals surface area contributed by atoms with E-state index >= 15 is 0 Å². The maximum atomic E-state index is 10.6. The number of hydrogen-bond donors (Lipinski definition) is 0. The van der Waals surface area contributed by atoms with Crippen LogP contribution >= 0.6 is 11.6 Å². The molecule has 2 aromatic rings. The van der Waals surface area contributed by atoms with E-state index in [1.807, 2.05) is 24.3 Å². The normalized spacial score (nSPS) is 9.56. The van der Waals surface area contributed by atoms with Crippen LogP contribution in [0.3, 0.4) is 0 Å². The molecule has 0 aliphatic rings. The zero-order valence-electron chi connectivity index (χ0n) is 9.26. The highest BCUT2D eigenvalue weighted by molar-refractivity contribution is 6.61. The van der Waals surface area contributed by atoms with Crippen LogP contribution in [0.4, 0.5) is 4.79 Å². The van der Waals surface area contributed by atoms with Gasteiger partial charge in [0.05, 0.1) is 11.6 Å². The third-order valence-electron chi connectivity index (χ3n) is 2.40. The predicted octanol–water partition coefficient (Wildman–Crippen LogP) is 3.96. The van der Waals surface area contributed by atoms with Gasteiger partial charge in [-0.2, -0.15) is 5.26 Å². The first kappa shape index (κ1) is 12.2. The molecule has 2 rings (SSSR count). The quantitative estimate of drug-likeness (QED) is 0.765. The lowest BCUT2D eigenvalue weighted by Gasteiger charge is -2.03. The second-order valence-electron chi connectivity index (χ2n) is 3.55. The van der Waals surface area contributed by atoms with Crippen LogP contribution in [-0.4, -0.2) is 5.43 Å². The summed E-state index contributed by atoms with van der Waals surface area (Å²) in [5, 5.41) is 8.71. The minimum Gasteiger partial charge on any atom is -0.415 e. The van der Waals surface area contributed by atoms with Crippen molar-refractivity contribution in [2.24, 2.45) is 0 Å². The Morgan fingerprint density at radius 3 is 1.94 bits per heavy atom. The molecule has 0 amide bonds. The van der Waals surface area contributed by atoms with Crippen molar-refractivity contribution in [2.75, 3.05) is 0 Å². The molecule has 4 heteroatoms. The van der Waals surface area contributed by atoms with Gasteiger partial charge in [0.25, 0.3) is 0 Å². The molecular formula is C14H8ClNO2. The number of carbonyl (C=O) groups is 1. The Kier molecular flexibility index (Phi) is 3.61. The molecule has 18 heavy (non-hydrogen) atoms. The minimum atomic E-state index is -0.860. The number of halogens is 1. The van der Waals surface area contributed by atoms with Crippen molar-refractivity contribution in [1.29, 1.82) is 5.26 Å². The summed E-state index contributed by atoms with van der Waals surface area (Å²) in [7, 11) is 0. The SMILES string of the molecule is N#Cc1ccc(-c2ccc(OC(=O)Cl)cc2)cc1. The maximum Gasteiger partial charge on any atom is 0.409 e. The van der Waals surface area contributed by atoms with Gasteiger partial charge in [-0.05, 0) is 35.4 Å². The highest BCUT2D eigenvalue weighted by Crippen LogP contribution is 2.23. The molecule has 0 radical (unpaired) electrons. The lowest BCUT2D eigenvalue weighted by atomic mass is 10.0. The van der Waals surface area contributed by atoms with Crippen LogP contribution in [-0.2, 0) is 0 Å². The number of ether oxygens (including phenoxy) is 1. The molecule has 0 heterocycles. The van der Waals surface area contributed by atoms with E-state index in [9.17, 15) is 4.79 Å². The van der Waals surface area contributed by atoms with Crippen LogP contribution in [0.25, 0.3) is 11.1 Å². The van der Waals surface area contributed by atoms with Gasteiger partial charge < -0.3 is 4.74 Å². The van der Waals surface area contributed by atoms with Crippen LogP contribution in [0.1, 0.15) is 5.56 Å². The van der Waals surface area contributed by atoms with Crippen molar-refractivity contribution in [2.45, 2.75) is 0 Å². The van der Waals surface area contributed by atoms with Gasteiger partial charge in [0.1, 0.15) is 5.75 Å². The molecular weight excluding hydrogens is 250 g/mol. The fourth-order valence-corrected chi connectivity index (χ4v) is 1.63. The summed E-state index contributed by atoms with van der Waals surface area (Å²) in [5.74, 6) is 0.396. The second-order valence-corrected chi connectivity index (χ2v) is 3.86. The molecule has 0 aliphatic heterocycles. The van der Waals surface area contributed by atoms with E-state index in [-0.39, 0.29) is 0 Å². The van der Waals surface area contributed by atoms with E-state index in [0.717, 1.165) is 11.1 Å². The molecule has 0 N–H and O–H groups in total. The first-order valence-electron chi connectivity index (χ1n) is 5.17. The van der Waals surface area contributed by atoms with Crippen LogP contribution < -0.4 is 4.74 Å². The van der Waals surface area contributed by atoms with E-state index in [1.54, 1.807) is 24.3 Å². The van der Waals surface area contributed by atoms with Gasteiger partial charge in [0.2, 0.25) is 0 Å². The molecule has 2 aromatic carbocycles. The molecule has 0 aliphatic carbocycles. The lowest BCUT2D eigenvalue weighted by Crippen LogP contribution is -1.95. The number of hydrogen-bond acceptors (Lipinski definition) is 3. The fourth-order valence-electron chi connectivity index (χ4n) is 1.55. The molecule has 0 atom stereocenters. The Bertz CT molecular complexity index is 597. The molecule has 0 spiro atoms. The smallest absolute Gasteiger partial charge is 0.409 e. The van der Waals surface area contributed by atoms with Crippen molar-refractivity contribution in [3.8, 4) is 22.9 Å². The van der Waals surface area contributed by atoms with Crippen LogP contribution in [0, 0.1) is 11.3 Å². The van der Waals surface area contributed by atoms with Gasteiger partial charge in [-0.3, -0.25) is 0 Å². The molecule has 0 aromatic heterocycles. The first-order valence-corrected chi connectivity index (χ1v) is 5.55. The maximum absolute atomic E-state index is 10.6. The minimum absolute atomic E-state index is 0.396. The zero-order chi connectivity index (χ0) is 13.0. The Labute approximate surface area is 109 Å². The number of carbonyl (C=O) groups excluding carboxylic acids is 1. The van der Waals surface area contributed by atoms with E-state index in [0.29, 0.717) is 11.3 Å². The third kappa shape index (κ3) is 2.88. The second kappa shape index (κ2) is 5.35. The van der Waals surface area contributed by atoms with Crippen LogP contribution in [0.5, 0.6) is 5.75 Å². The molecule has 88 valence electrons. The fraction of sp³-hybridized carbons (Fsp3) is 0. The Morgan fingerprint density at radius 1 is 1.00 bits per heavy atom. The monoisotopic (exact) mass is 257 g/mol. The van der Waals surface area contributed by atoms with Crippen LogP contribution in [0.2, 0.25) is 0 Å². The highest BCUT2D eigenvalue weighted by Gasteiger charge is 2.01. The summed E-state index contributed by atoms with van der Waals surface area (Å²) in [6.07, 6.45) is 0. The number of nitriles is 1. The average Bonchev–Trinajstić information content (AvgIpc) is 2.39. The summed E-state index contributed by atoms with van der Waals surface area (Å²) in [6, 6.07) is 16.2. The van der Waals surface area contributed by atoms with Gasteiger partial charge >= 0.3 is 5.43 Å². The lowest BCUT2D eigenvalue weighted by molar-refractivity contribution is 0.225. The third-order valence-corrected chi connectivity index (χ3v) is 2.48. The summed E-state index contributed by atoms with van der Waals surface area (Å²) < 4.78 is 4.73.